The third-order valence-electron chi connectivity index (χ3n) is 2.31. The van der Waals surface area contributed by atoms with Gasteiger partial charge in [-0.3, -0.25) is 14.8 Å². The number of nitrogens with one attached hydrogen (secondary N) is 1. The summed E-state index contributed by atoms with van der Waals surface area (Å²) < 4.78 is 38.8. The lowest BCUT2D eigenvalue weighted by atomic mass is 10.3. The van der Waals surface area contributed by atoms with Crippen LogP contribution in [0.25, 0.3) is 0 Å². The van der Waals surface area contributed by atoms with Gasteiger partial charge in [0.2, 0.25) is 5.95 Å². The molecule has 0 radical (unpaired) electrons. The standard InChI is InChI=1S/C11H8FN3O4S/c12-10-2-1-3-11(13-10)14-20(18,19)9-6-4-8(5-7-9)15(16)17/h1-7H,(H,13,14). The summed E-state index contributed by atoms with van der Waals surface area (Å²) in [5.41, 5.74) is -0.229. The molecule has 7 nitrogen and oxygen atoms in total. The first-order valence-corrected chi connectivity index (χ1v) is 6.77. The normalized spacial score (nSPS) is 11.1. The van der Waals surface area contributed by atoms with Crippen molar-refractivity contribution in [1.29, 1.82) is 0 Å². The molecular weight excluding hydrogens is 289 g/mol. The van der Waals surface area contributed by atoms with E-state index in [0.717, 1.165) is 30.3 Å². The Morgan fingerprint density at radius 3 is 2.35 bits per heavy atom. The zero-order valence-corrected chi connectivity index (χ0v) is 10.7. The van der Waals surface area contributed by atoms with Crippen LogP contribution in [0.4, 0.5) is 15.9 Å². The number of benzene rings is 1. The number of non-ortho nitro benzene ring substituents is 1. The molecule has 104 valence electrons. The Morgan fingerprint density at radius 1 is 1.15 bits per heavy atom. The van der Waals surface area contributed by atoms with E-state index in [2.05, 4.69) is 9.71 Å². The first-order valence-electron chi connectivity index (χ1n) is 5.28. The monoisotopic (exact) mass is 297 g/mol. The van der Waals surface area contributed by atoms with Crippen LogP contribution in [0.3, 0.4) is 0 Å². The van der Waals surface area contributed by atoms with E-state index in [-0.39, 0.29) is 16.4 Å². The van der Waals surface area contributed by atoms with Gasteiger partial charge in [0.15, 0.2) is 0 Å². The van der Waals surface area contributed by atoms with Crippen molar-refractivity contribution in [3.63, 3.8) is 0 Å². The minimum Gasteiger partial charge on any atom is -0.263 e. The summed E-state index contributed by atoms with van der Waals surface area (Å²) in [6, 6.07) is 7.95. The summed E-state index contributed by atoms with van der Waals surface area (Å²) in [4.78, 5) is 13.0. The van der Waals surface area contributed by atoms with Crippen LogP contribution >= 0.6 is 0 Å². The summed E-state index contributed by atoms with van der Waals surface area (Å²) in [5.74, 6) is -1.00. The second-order valence-corrected chi connectivity index (χ2v) is 5.38. The first-order chi connectivity index (χ1) is 9.38. The number of anilines is 1. The largest absolute Gasteiger partial charge is 0.269 e. The Bertz CT molecular complexity index is 747. The van der Waals surface area contributed by atoms with Crippen LogP contribution < -0.4 is 4.72 Å². The second kappa shape index (κ2) is 5.21. The minimum absolute atomic E-state index is 0.177. The quantitative estimate of drug-likeness (QED) is 0.527. The van der Waals surface area contributed by atoms with Crippen molar-refractivity contribution in [2.75, 3.05) is 4.72 Å². The molecular formula is C11H8FN3O4S. The molecule has 0 saturated heterocycles. The second-order valence-electron chi connectivity index (χ2n) is 3.70. The van der Waals surface area contributed by atoms with E-state index >= 15 is 0 Å². The molecule has 1 N–H and O–H groups in total. The van der Waals surface area contributed by atoms with Crippen LogP contribution in [-0.4, -0.2) is 18.3 Å². The SMILES string of the molecule is O=[N+]([O-])c1ccc(S(=O)(=O)Nc2cccc(F)n2)cc1. The number of nitro benzene ring substituents is 1. The molecule has 20 heavy (non-hydrogen) atoms. The predicted octanol–water partition coefficient (Wildman–Crippen LogP) is 1.93. The molecule has 0 aliphatic rings. The maximum Gasteiger partial charge on any atom is 0.269 e. The van der Waals surface area contributed by atoms with Gasteiger partial charge in [-0.1, -0.05) is 6.07 Å². The molecule has 0 aliphatic carbocycles. The zero-order chi connectivity index (χ0) is 14.8. The van der Waals surface area contributed by atoms with E-state index in [1.54, 1.807) is 0 Å². The maximum absolute atomic E-state index is 12.9. The Morgan fingerprint density at radius 2 is 1.80 bits per heavy atom. The van der Waals surface area contributed by atoms with Gasteiger partial charge in [-0.05, 0) is 24.3 Å². The molecule has 0 unspecified atom stereocenters. The highest BCUT2D eigenvalue weighted by Gasteiger charge is 2.16. The van der Waals surface area contributed by atoms with Gasteiger partial charge < -0.3 is 0 Å². The molecule has 0 amide bonds. The highest BCUT2D eigenvalue weighted by Crippen LogP contribution is 2.18. The summed E-state index contributed by atoms with van der Waals surface area (Å²) in [6.45, 7) is 0. The van der Waals surface area contributed by atoms with Crippen LogP contribution in [0.5, 0.6) is 0 Å². The van der Waals surface area contributed by atoms with Gasteiger partial charge in [-0.2, -0.15) is 4.39 Å². The summed E-state index contributed by atoms with van der Waals surface area (Å²) in [7, 11) is -3.97. The molecule has 2 aromatic rings. The van der Waals surface area contributed by atoms with Crippen molar-refractivity contribution >= 4 is 21.5 Å². The topological polar surface area (TPSA) is 102 Å². The smallest absolute Gasteiger partial charge is 0.263 e. The van der Waals surface area contributed by atoms with Gasteiger partial charge in [0, 0.05) is 12.1 Å². The van der Waals surface area contributed by atoms with Gasteiger partial charge in [-0.15, -0.1) is 0 Å². The summed E-state index contributed by atoms with van der Waals surface area (Å²) in [5, 5.41) is 10.5. The van der Waals surface area contributed by atoms with E-state index in [9.17, 15) is 22.9 Å². The molecule has 0 fully saturated rings. The average Bonchev–Trinajstić information content (AvgIpc) is 2.38. The fourth-order valence-corrected chi connectivity index (χ4v) is 2.41. The Labute approximate surface area is 113 Å². The molecule has 1 heterocycles. The average molecular weight is 297 g/mol. The molecule has 0 atom stereocenters. The molecule has 9 heteroatoms. The molecule has 1 aromatic carbocycles. The number of sulfonamides is 1. The minimum atomic E-state index is -3.97. The first kappa shape index (κ1) is 13.9. The maximum atomic E-state index is 12.9. The van der Waals surface area contributed by atoms with Gasteiger partial charge in [0.05, 0.1) is 9.82 Å². The zero-order valence-electron chi connectivity index (χ0n) is 9.86. The Hall–Kier alpha value is -2.55. The molecule has 1 aromatic heterocycles. The van der Waals surface area contributed by atoms with Gasteiger partial charge in [0.25, 0.3) is 15.7 Å². The fraction of sp³-hybridized carbons (Fsp3) is 0. The lowest BCUT2D eigenvalue weighted by molar-refractivity contribution is -0.384. The number of aromatic nitrogens is 1. The fourth-order valence-electron chi connectivity index (χ4n) is 1.41. The molecule has 0 spiro atoms. The van der Waals surface area contributed by atoms with Crippen molar-refractivity contribution in [2.24, 2.45) is 0 Å². The Balaban J connectivity index is 2.28. The van der Waals surface area contributed by atoms with E-state index in [1.807, 2.05) is 0 Å². The number of halogens is 1. The lowest BCUT2D eigenvalue weighted by Gasteiger charge is -2.06. The van der Waals surface area contributed by atoms with Crippen molar-refractivity contribution in [1.82, 2.24) is 4.98 Å². The Kier molecular flexibility index (Phi) is 3.61. The van der Waals surface area contributed by atoms with Gasteiger partial charge in [0.1, 0.15) is 5.82 Å². The third kappa shape index (κ3) is 3.06. The van der Waals surface area contributed by atoms with E-state index in [4.69, 9.17) is 0 Å². The van der Waals surface area contributed by atoms with Gasteiger partial charge in [-0.25, -0.2) is 13.4 Å². The number of nitro groups is 1. The molecule has 2 rings (SSSR count). The summed E-state index contributed by atoms with van der Waals surface area (Å²) in [6.07, 6.45) is 0. The lowest BCUT2D eigenvalue weighted by Crippen LogP contribution is -2.14. The summed E-state index contributed by atoms with van der Waals surface area (Å²) >= 11 is 0. The number of nitrogens with zero attached hydrogens (tertiary/aromatic N) is 2. The van der Waals surface area contributed by atoms with E-state index in [1.165, 1.54) is 12.1 Å². The van der Waals surface area contributed by atoms with Crippen LogP contribution in [0.2, 0.25) is 0 Å². The van der Waals surface area contributed by atoms with Crippen molar-refractivity contribution < 1.29 is 17.7 Å². The number of hydrogen-bond acceptors (Lipinski definition) is 5. The number of rotatable bonds is 4. The van der Waals surface area contributed by atoms with Gasteiger partial charge >= 0.3 is 0 Å². The van der Waals surface area contributed by atoms with Crippen molar-refractivity contribution in [3.05, 3.63) is 58.5 Å². The molecule has 0 saturated carbocycles. The highest BCUT2D eigenvalue weighted by molar-refractivity contribution is 7.92. The van der Waals surface area contributed by atoms with Crippen LogP contribution in [-0.2, 0) is 10.0 Å². The number of pyridine rings is 1. The predicted molar refractivity (Wildman–Crippen MR) is 68.1 cm³/mol. The van der Waals surface area contributed by atoms with Crippen LogP contribution in [0.1, 0.15) is 0 Å². The molecule has 0 aliphatic heterocycles. The highest BCUT2D eigenvalue weighted by atomic mass is 32.2. The van der Waals surface area contributed by atoms with Crippen molar-refractivity contribution in [2.45, 2.75) is 4.90 Å². The van der Waals surface area contributed by atoms with Crippen LogP contribution in [0, 0.1) is 16.1 Å². The van der Waals surface area contributed by atoms with Crippen molar-refractivity contribution in [3.8, 4) is 0 Å². The van der Waals surface area contributed by atoms with E-state index in [0.29, 0.717) is 0 Å². The third-order valence-corrected chi connectivity index (χ3v) is 3.68. The van der Waals surface area contributed by atoms with E-state index < -0.39 is 20.9 Å². The molecule has 0 bridgehead atoms. The van der Waals surface area contributed by atoms with Crippen LogP contribution in [0.15, 0.2) is 47.4 Å². The number of hydrogen-bond donors (Lipinski definition) is 1.